The lowest BCUT2D eigenvalue weighted by atomic mass is 10.2. The average molecular weight is 426 g/mol. The molecule has 0 bridgehead atoms. The Balaban J connectivity index is 1.60. The van der Waals surface area contributed by atoms with Gasteiger partial charge in [-0.15, -0.1) is 0 Å². The second-order valence-corrected chi connectivity index (χ2v) is 7.51. The Morgan fingerprint density at radius 3 is 2.67 bits per heavy atom. The van der Waals surface area contributed by atoms with Crippen LogP contribution in [0.15, 0.2) is 53.0 Å². The molecule has 2 aromatic carbocycles. The van der Waals surface area contributed by atoms with Gasteiger partial charge in [-0.05, 0) is 47.5 Å². The molecule has 0 aliphatic carbocycles. The Labute approximate surface area is 166 Å². The van der Waals surface area contributed by atoms with E-state index in [4.69, 9.17) is 0 Å². The van der Waals surface area contributed by atoms with Crippen LogP contribution < -0.4 is 10.2 Å². The van der Waals surface area contributed by atoms with E-state index in [-0.39, 0.29) is 18.4 Å². The van der Waals surface area contributed by atoms with Crippen LogP contribution in [0.4, 0.5) is 11.4 Å². The highest BCUT2D eigenvalue weighted by Gasteiger charge is 2.24. The molecule has 1 aromatic heterocycles. The maximum Gasteiger partial charge on any atom is 0.244 e. The second-order valence-electron chi connectivity index (χ2n) is 6.72. The smallest absolute Gasteiger partial charge is 0.244 e. The number of benzene rings is 2. The van der Waals surface area contributed by atoms with Gasteiger partial charge in [0.2, 0.25) is 11.8 Å². The maximum absolute atomic E-state index is 12.8. The average Bonchev–Trinajstić information content (AvgIpc) is 3.20. The summed E-state index contributed by atoms with van der Waals surface area (Å²) in [4.78, 5) is 26.6. The van der Waals surface area contributed by atoms with Crippen molar-refractivity contribution in [3.8, 4) is 0 Å². The van der Waals surface area contributed by atoms with E-state index in [0.717, 1.165) is 33.2 Å². The highest BCUT2D eigenvalue weighted by Crippen LogP contribution is 2.31. The first-order valence-electron chi connectivity index (χ1n) is 8.99. The molecule has 138 valence electrons. The molecule has 1 N–H and O–H groups in total. The number of carbonyl (C=O) groups excluding carboxylic acids is 2. The van der Waals surface area contributed by atoms with Gasteiger partial charge < -0.3 is 14.8 Å². The fourth-order valence-electron chi connectivity index (χ4n) is 3.64. The van der Waals surface area contributed by atoms with E-state index >= 15 is 0 Å². The van der Waals surface area contributed by atoms with Crippen LogP contribution in [0.2, 0.25) is 0 Å². The summed E-state index contributed by atoms with van der Waals surface area (Å²) in [6.45, 7) is 2.90. The molecule has 4 rings (SSSR count). The number of anilines is 2. The van der Waals surface area contributed by atoms with Gasteiger partial charge in [0.25, 0.3) is 0 Å². The van der Waals surface area contributed by atoms with Gasteiger partial charge in [-0.3, -0.25) is 9.59 Å². The molecule has 6 heteroatoms. The molecule has 0 unspecified atom stereocenters. The number of hydrogen-bond acceptors (Lipinski definition) is 2. The van der Waals surface area contributed by atoms with E-state index < -0.39 is 0 Å². The summed E-state index contributed by atoms with van der Waals surface area (Å²) in [5.74, 6) is -0.0154. The monoisotopic (exact) mass is 425 g/mol. The van der Waals surface area contributed by atoms with E-state index in [0.29, 0.717) is 18.7 Å². The Morgan fingerprint density at radius 1 is 1.15 bits per heavy atom. The normalized spacial score (nSPS) is 14.1. The Bertz CT molecular complexity index is 1040. The molecular formula is C21H20BrN3O2. The molecule has 0 atom stereocenters. The van der Waals surface area contributed by atoms with Crippen molar-refractivity contribution in [3.05, 3.63) is 58.7 Å². The van der Waals surface area contributed by atoms with Crippen LogP contribution in [0, 0.1) is 6.92 Å². The van der Waals surface area contributed by atoms with Gasteiger partial charge in [-0.2, -0.15) is 0 Å². The third kappa shape index (κ3) is 3.25. The van der Waals surface area contributed by atoms with Crippen molar-refractivity contribution >= 4 is 50.0 Å². The topological polar surface area (TPSA) is 54.3 Å². The zero-order valence-corrected chi connectivity index (χ0v) is 16.6. The minimum Gasteiger partial charge on any atom is -0.334 e. The molecular weight excluding hydrogens is 406 g/mol. The standard InChI is InChI=1S/C21H20BrN3O2/c1-14-21(22)15-7-2-4-9-17(15)25(14)13-19(26)23-16-8-3-5-10-18(16)24-12-6-11-20(24)27/h2-5,7-10H,6,11-13H2,1H3,(H,23,26). The highest BCUT2D eigenvalue weighted by atomic mass is 79.9. The fraction of sp³-hybridized carbons (Fsp3) is 0.238. The largest absolute Gasteiger partial charge is 0.334 e. The van der Waals surface area contributed by atoms with Gasteiger partial charge >= 0.3 is 0 Å². The van der Waals surface area contributed by atoms with Crippen LogP contribution in [0.1, 0.15) is 18.5 Å². The maximum atomic E-state index is 12.8. The highest BCUT2D eigenvalue weighted by molar-refractivity contribution is 9.10. The predicted octanol–water partition coefficient (Wildman–Crippen LogP) is 4.48. The van der Waals surface area contributed by atoms with Gasteiger partial charge in [-0.25, -0.2) is 0 Å². The van der Waals surface area contributed by atoms with Crippen molar-refractivity contribution < 1.29 is 9.59 Å². The molecule has 27 heavy (non-hydrogen) atoms. The van der Waals surface area contributed by atoms with E-state index in [2.05, 4.69) is 21.2 Å². The zero-order valence-electron chi connectivity index (χ0n) is 15.0. The van der Waals surface area contributed by atoms with E-state index in [1.54, 1.807) is 4.90 Å². The first-order valence-corrected chi connectivity index (χ1v) is 9.78. The summed E-state index contributed by atoms with van der Waals surface area (Å²) < 4.78 is 3.01. The molecule has 0 saturated carbocycles. The number of amides is 2. The third-order valence-electron chi connectivity index (χ3n) is 5.00. The number of para-hydroxylation sites is 3. The zero-order chi connectivity index (χ0) is 19.0. The first-order chi connectivity index (χ1) is 13.1. The van der Waals surface area contributed by atoms with Gasteiger partial charge in [0.05, 0.1) is 11.4 Å². The predicted molar refractivity (Wildman–Crippen MR) is 111 cm³/mol. The fourth-order valence-corrected chi connectivity index (χ4v) is 4.19. The quantitative estimate of drug-likeness (QED) is 0.669. The van der Waals surface area contributed by atoms with Gasteiger partial charge in [0.1, 0.15) is 6.54 Å². The number of nitrogens with zero attached hydrogens (tertiary/aromatic N) is 2. The number of rotatable bonds is 4. The summed E-state index contributed by atoms with van der Waals surface area (Å²) in [5.41, 5.74) is 3.46. The lowest BCUT2D eigenvalue weighted by Gasteiger charge is -2.20. The molecule has 2 heterocycles. The van der Waals surface area contributed by atoms with Crippen LogP contribution in [0.25, 0.3) is 10.9 Å². The number of hydrogen-bond donors (Lipinski definition) is 1. The van der Waals surface area contributed by atoms with Crippen LogP contribution >= 0.6 is 15.9 Å². The van der Waals surface area contributed by atoms with Crippen molar-refractivity contribution in [2.24, 2.45) is 0 Å². The number of halogens is 1. The molecule has 1 aliphatic rings. The molecule has 0 spiro atoms. The van der Waals surface area contributed by atoms with Crippen molar-refractivity contribution in [1.29, 1.82) is 0 Å². The van der Waals surface area contributed by atoms with Crippen LogP contribution in [0.5, 0.6) is 0 Å². The van der Waals surface area contributed by atoms with E-state index in [1.807, 2.05) is 60.0 Å². The molecule has 1 fully saturated rings. The minimum atomic E-state index is -0.120. The summed E-state index contributed by atoms with van der Waals surface area (Å²) in [6.07, 6.45) is 1.41. The summed E-state index contributed by atoms with van der Waals surface area (Å²) >= 11 is 3.62. The van der Waals surface area contributed by atoms with E-state index in [1.165, 1.54) is 0 Å². The van der Waals surface area contributed by atoms with Crippen LogP contribution in [-0.2, 0) is 16.1 Å². The van der Waals surface area contributed by atoms with E-state index in [9.17, 15) is 9.59 Å². The SMILES string of the molecule is Cc1c(Br)c2ccccc2n1CC(=O)Nc1ccccc1N1CCCC1=O. The van der Waals surface area contributed by atoms with Gasteiger partial charge in [-0.1, -0.05) is 30.3 Å². The molecule has 3 aromatic rings. The molecule has 0 radical (unpaired) electrons. The molecule has 5 nitrogen and oxygen atoms in total. The lowest BCUT2D eigenvalue weighted by Crippen LogP contribution is -2.26. The van der Waals surface area contributed by atoms with Crippen molar-refractivity contribution in [1.82, 2.24) is 4.57 Å². The number of fused-ring (bicyclic) bond motifs is 1. The van der Waals surface area contributed by atoms with Crippen LogP contribution in [0.3, 0.4) is 0 Å². The number of aromatic nitrogens is 1. The Kier molecular flexibility index (Phi) is 4.74. The second kappa shape index (κ2) is 7.19. The molecule has 2 amide bonds. The van der Waals surface area contributed by atoms with Gasteiger partial charge in [0, 0.05) is 34.0 Å². The van der Waals surface area contributed by atoms with Crippen molar-refractivity contribution in [2.45, 2.75) is 26.3 Å². The lowest BCUT2D eigenvalue weighted by molar-refractivity contribution is -0.117. The van der Waals surface area contributed by atoms with Crippen molar-refractivity contribution in [2.75, 3.05) is 16.8 Å². The summed E-state index contributed by atoms with van der Waals surface area (Å²) in [7, 11) is 0. The Hall–Kier alpha value is -2.60. The number of nitrogens with one attached hydrogen (secondary N) is 1. The first kappa shape index (κ1) is 17.8. The van der Waals surface area contributed by atoms with Crippen molar-refractivity contribution in [3.63, 3.8) is 0 Å². The van der Waals surface area contributed by atoms with Gasteiger partial charge in [0.15, 0.2) is 0 Å². The summed E-state index contributed by atoms with van der Waals surface area (Å²) in [5, 5.41) is 4.08. The molecule has 1 saturated heterocycles. The number of carbonyl (C=O) groups is 2. The molecule has 1 aliphatic heterocycles. The minimum absolute atomic E-state index is 0.105. The Morgan fingerprint density at radius 2 is 1.89 bits per heavy atom. The van der Waals surface area contributed by atoms with Crippen LogP contribution in [-0.4, -0.2) is 22.9 Å². The third-order valence-corrected chi connectivity index (χ3v) is 6.00. The summed E-state index contributed by atoms with van der Waals surface area (Å²) in [6, 6.07) is 15.5.